The average molecular weight is 393 g/mol. The Labute approximate surface area is 163 Å². The van der Waals surface area contributed by atoms with E-state index in [9.17, 15) is 10.2 Å². The van der Waals surface area contributed by atoms with Gasteiger partial charge in [0.1, 0.15) is 0 Å². The molecule has 2 rings (SSSR count). The van der Waals surface area contributed by atoms with Gasteiger partial charge in [0.05, 0.1) is 0 Å². The first-order chi connectivity index (χ1) is 11.7. The topological polar surface area (TPSA) is 93.1 Å². The largest absolute Gasteiger partial charge is 3.00 e. The van der Waals surface area contributed by atoms with Crippen molar-refractivity contribution in [1.82, 2.24) is 0 Å². The minimum atomic E-state index is -0.0219. The van der Waals surface area contributed by atoms with Crippen molar-refractivity contribution in [3.63, 3.8) is 0 Å². The maximum atomic E-state index is 11.4. The van der Waals surface area contributed by atoms with E-state index >= 15 is 0 Å². The Kier molecular flexibility index (Phi) is 12.8. The van der Waals surface area contributed by atoms with E-state index in [1.807, 2.05) is 12.1 Å². The van der Waals surface area contributed by atoms with Gasteiger partial charge in [-0.15, -0.1) is 11.5 Å². The molecule has 0 fully saturated rings. The van der Waals surface area contributed by atoms with Crippen molar-refractivity contribution in [3.05, 3.63) is 65.1 Å². The molecule has 0 spiro atoms. The molecule has 0 aliphatic heterocycles. The van der Waals surface area contributed by atoms with E-state index in [1.165, 1.54) is 17.3 Å². The molecule has 0 heterocycles. The second-order valence-electron chi connectivity index (χ2n) is 4.59. The summed E-state index contributed by atoms with van der Waals surface area (Å²) in [4.78, 5) is 8.41. The van der Waals surface area contributed by atoms with Crippen LogP contribution in [-0.2, 0) is 17.1 Å². The molecule has 0 aliphatic rings. The van der Waals surface area contributed by atoms with Gasteiger partial charge in [-0.05, 0) is 17.5 Å². The third kappa shape index (κ3) is 9.55. The Bertz CT molecular complexity index is 674. The zero-order chi connectivity index (χ0) is 17.6. The van der Waals surface area contributed by atoms with Crippen LogP contribution in [0, 0.1) is 0 Å². The van der Waals surface area contributed by atoms with Crippen LogP contribution in [0.15, 0.2) is 58.5 Å². The van der Waals surface area contributed by atoms with E-state index in [4.69, 9.17) is 5.41 Å². The number of hydrogen-bond donors (Lipinski definition) is 0. The summed E-state index contributed by atoms with van der Waals surface area (Å²) in [5, 5.41) is 31.3. The summed E-state index contributed by atoms with van der Waals surface area (Å²) in [7, 11) is 0. The van der Waals surface area contributed by atoms with E-state index < -0.39 is 0 Å². The number of benzene rings is 2. The second-order valence-corrected chi connectivity index (χ2v) is 4.77. The predicted molar refractivity (Wildman–Crippen MR) is 97.3 cm³/mol. The average Bonchev–Trinajstić information content (AvgIpc) is 2.58. The summed E-state index contributed by atoms with van der Waals surface area (Å²) in [6.07, 6.45) is 3.97. The number of isothiocyanates is 1. The summed E-state index contributed by atoms with van der Waals surface area (Å²) < 4.78 is 0. The number of rotatable bonds is 6. The van der Waals surface area contributed by atoms with E-state index in [0.29, 0.717) is 24.2 Å². The van der Waals surface area contributed by atoms with Crippen LogP contribution >= 0.6 is 12.2 Å². The molecule has 0 saturated carbocycles. The van der Waals surface area contributed by atoms with E-state index in [2.05, 4.69) is 22.2 Å². The molecule has 0 bridgehead atoms. The van der Waals surface area contributed by atoms with Gasteiger partial charge in [0.25, 0.3) is 0 Å². The molecule has 25 heavy (non-hydrogen) atoms. The number of nitrogens with zero attached hydrogens (tertiary/aromatic N) is 3. The number of aliphatic imine (C=N–C) groups is 2. The van der Waals surface area contributed by atoms with Crippen LogP contribution in [0.25, 0.3) is 5.41 Å². The van der Waals surface area contributed by atoms with Gasteiger partial charge in [-0.3, -0.25) is 9.98 Å². The van der Waals surface area contributed by atoms with Gasteiger partial charge in [0.15, 0.2) is 0 Å². The SMILES string of the molecule is [Mn+3].[N-]=C=S.[O-]c1ccccc1C=NCCCN=Cc1ccccc1[O-]. The molecule has 2 aromatic rings. The zero-order valence-corrected chi connectivity index (χ0v) is 15.3. The van der Waals surface area contributed by atoms with Crippen LogP contribution in [-0.4, -0.2) is 30.7 Å². The van der Waals surface area contributed by atoms with Crippen LogP contribution in [0.2, 0.25) is 0 Å². The summed E-state index contributed by atoms with van der Waals surface area (Å²) >= 11 is 3.70. The van der Waals surface area contributed by atoms with Crippen LogP contribution in [0.3, 0.4) is 0 Å². The number of hydrogen-bond acceptors (Lipinski definition) is 5. The Hall–Kier alpha value is -2.30. The van der Waals surface area contributed by atoms with Gasteiger partial charge in [0.2, 0.25) is 0 Å². The Morgan fingerprint density at radius 2 is 1.24 bits per heavy atom. The van der Waals surface area contributed by atoms with Crippen molar-refractivity contribution in [2.75, 3.05) is 13.1 Å². The number of thiocarbonyl (C=S) groups is 1. The van der Waals surface area contributed by atoms with Crippen LogP contribution in [0.1, 0.15) is 17.5 Å². The fourth-order valence-electron chi connectivity index (χ4n) is 1.75. The molecule has 0 atom stereocenters. The molecule has 7 heteroatoms. The van der Waals surface area contributed by atoms with Gasteiger partial charge >= 0.3 is 17.1 Å². The maximum absolute atomic E-state index is 11.4. The summed E-state index contributed by atoms with van der Waals surface area (Å²) in [6, 6.07) is 13.6. The Balaban J connectivity index is 0.00000134. The first-order valence-electron chi connectivity index (χ1n) is 7.22. The molecule has 0 aromatic heterocycles. The van der Waals surface area contributed by atoms with E-state index in [-0.39, 0.29) is 28.6 Å². The molecular formula is C18H16MnN3O2S. The summed E-state index contributed by atoms with van der Waals surface area (Å²) in [6.45, 7) is 1.20. The standard InChI is InChI=1S/C17H18N2O2.CNS.Mn/c20-16-8-3-1-6-14(16)12-18-10-5-11-19-13-15-7-2-4-9-17(15)21;2-1-3;/h1-4,6-9,12-13,20-21H,5,10-11H2;;/q;-1;+3/p-2. The molecule has 0 unspecified atom stereocenters. The summed E-state index contributed by atoms with van der Waals surface area (Å²) in [5.41, 5.74) is 1.20. The Morgan fingerprint density at radius 1 is 0.880 bits per heavy atom. The van der Waals surface area contributed by atoms with Gasteiger partial charge in [-0.25, -0.2) is 0 Å². The molecule has 0 radical (unpaired) electrons. The van der Waals surface area contributed by atoms with Crippen LogP contribution in [0.5, 0.6) is 11.5 Å². The summed E-state index contributed by atoms with van der Waals surface area (Å²) in [5.74, 6) is -0.0438. The molecule has 2 aromatic carbocycles. The molecule has 0 saturated heterocycles. The van der Waals surface area contributed by atoms with Crippen molar-refractivity contribution in [3.8, 4) is 11.5 Å². The quantitative estimate of drug-likeness (QED) is 0.327. The van der Waals surface area contributed by atoms with Crippen molar-refractivity contribution in [2.24, 2.45) is 9.98 Å². The van der Waals surface area contributed by atoms with Gasteiger partial charge < -0.3 is 15.6 Å². The van der Waals surface area contributed by atoms with Crippen LogP contribution < -0.4 is 10.2 Å². The smallest absolute Gasteiger partial charge is 0.872 e. The second kappa shape index (κ2) is 14.1. The van der Waals surface area contributed by atoms with Crippen molar-refractivity contribution < 1.29 is 27.3 Å². The minimum absolute atomic E-state index is 0. The maximum Gasteiger partial charge on any atom is 3.00 e. The number of para-hydroxylation sites is 2. The molecule has 0 amide bonds. The van der Waals surface area contributed by atoms with E-state index in [1.54, 1.807) is 36.7 Å². The third-order valence-corrected chi connectivity index (χ3v) is 2.87. The van der Waals surface area contributed by atoms with Crippen molar-refractivity contribution >= 4 is 29.8 Å². The normalized spacial score (nSPS) is 9.92. The Morgan fingerprint density at radius 3 is 1.60 bits per heavy atom. The molecular weight excluding hydrogens is 377 g/mol. The predicted octanol–water partition coefficient (Wildman–Crippen LogP) is 2.42. The first kappa shape index (κ1) is 22.7. The first-order valence-corrected chi connectivity index (χ1v) is 7.63. The monoisotopic (exact) mass is 393 g/mol. The zero-order valence-electron chi connectivity index (χ0n) is 13.3. The molecule has 0 N–H and O–H groups in total. The van der Waals surface area contributed by atoms with Gasteiger partial charge in [0, 0.05) is 25.5 Å². The third-order valence-electron chi connectivity index (χ3n) is 2.87. The van der Waals surface area contributed by atoms with Gasteiger partial charge in [-0.2, -0.15) is 5.16 Å². The molecule has 0 aliphatic carbocycles. The fraction of sp³-hybridized carbons (Fsp3) is 0.167. The molecule has 5 nitrogen and oxygen atoms in total. The van der Waals surface area contributed by atoms with Crippen LogP contribution in [0.4, 0.5) is 0 Å². The van der Waals surface area contributed by atoms with Gasteiger partial charge in [-0.1, -0.05) is 60.7 Å². The minimum Gasteiger partial charge on any atom is -0.872 e. The fourth-order valence-corrected chi connectivity index (χ4v) is 1.75. The van der Waals surface area contributed by atoms with E-state index in [0.717, 1.165) is 6.42 Å². The van der Waals surface area contributed by atoms with Crippen molar-refractivity contribution in [1.29, 1.82) is 0 Å². The van der Waals surface area contributed by atoms with Crippen molar-refractivity contribution in [2.45, 2.75) is 6.42 Å². The molecule has 128 valence electrons.